The first-order valence-electron chi connectivity index (χ1n) is 10.5. The van der Waals surface area contributed by atoms with E-state index in [1.54, 1.807) is 18.2 Å². The number of aromatic nitrogens is 2. The van der Waals surface area contributed by atoms with Crippen LogP contribution in [0.5, 0.6) is 5.75 Å². The Hall–Kier alpha value is -4.51. The first kappa shape index (κ1) is 23.2. The molecule has 0 unspecified atom stereocenters. The topological polar surface area (TPSA) is 103 Å². The Balaban J connectivity index is 1.61. The molecular formula is C25H17F2N3O5S. The van der Waals surface area contributed by atoms with E-state index in [9.17, 15) is 22.0 Å². The quantitative estimate of drug-likeness (QED) is 0.355. The number of hydrogen-bond acceptors (Lipinski definition) is 6. The molecule has 0 radical (unpaired) electrons. The lowest BCUT2D eigenvalue weighted by Gasteiger charge is -2.16. The minimum atomic E-state index is -3.96. The van der Waals surface area contributed by atoms with Crippen LogP contribution in [0.3, 0.4) is 0 Å². The number of hydrogen-bond donors (Lipinski definition) is 1. The second-order valence-electron chi connectivity index (χ2n) is 7.76. The van der Waals surface area contributed by atoms with Gasteiger partial charge in [-0.3, -0.25) is 14.1 Å². The third-order valence-corrected chi connectivity index (χ3v) is 6.82. The van der Waals surface area contributed by atoms with Gasteiger partial charge in [0, 0.05) is 23.6 Å². The highest BCUT2D eigenvalue weighted by molar-refractivity contribution is 7.92. The molecule has 0 amide bonds. The highest BCUT2D eigenvalue weighted by Gasteiger charge is 2.18. The molecule has 0 spiro atoms. The molecule has 5 rings (SSSR count). The van der Waals surface area contributed by atoms with E-state index in [1.165, 1.54) is 66.5 Å². The van der Waals surface area contributed by atoms with E-state index < -0.39 is 21.7 Å². The van der Waals surface area contributed by atoms with Crippen molar-refractivity contribution in [1.82, 2.24) is 9.72 Å². The zero-order chi connectivity index (χ0) is 25.4. The lowest BCUT2D eigenvalue weighted by Crippen LogP contribution is -2.18. The van der Waals surface area contributed by atoms with Crippen LogP contribution in [0.15, 0.2) is 93.3 Å². The van der Waals surface area contributed by atoms with Crippen LogP contribution in [0.1, 0.15) is 0 Å². The smallest absolute Gasteiger partial charge is 0.263 e. The number of halogens is 2. The Morgan fingerprint density at radius 3 is 2.39 bits per heavy atom. The van der Waals surface area contributed by atoms with Gasteiger partial charge in [0.1, 0.15) is 23.6 Å². The minimum absolute atomic E-state index is 0.0306. The second-order valence-corrected chi connectivity index (χ2v) is 9.44. The summed E-state index contributed by atoms with van der Waals surface area (Å²) in [6, 6.07) is 16.4. The molecule has 36 heavy (non-hydrogen) atoms. The Bertz CT molecular complexity index is 1750. The number of ether oxygens (including phenoxy) is 1. The van der Waals surface area contributed by atoms with Gasteiger partial charge in [-0.1, -0.05) is 11.2 Å². The maximum Gasteiger partial charge on any atom is 0.263 e. The summed E-state index contributed by atoms with van der Waals surface area (Å²) < 4.78 is 66.8. The largest absolute Gasteiger partial charge is 0.495 e. The van der Waals surface area contributed by atoms with Gasteiger partial charge < -0.3 is 9.26 Å². The SMILES string of the molecule is COc1cc(-c2cc(F)cc(F)c2)ccc1-n1c(=O)ccc2cc(S(=O)(=O)Nc3ccon3)ccc21. The third kappa shape index (κ3) is 4.31. The van der Waals surface area contributed by atoms with Gasteiger partial charge in [-0.15, -0.1) is 0 Å². The van der Waals surface area contributed by atoms with Crippen molar-refractivity contribution in [3.63, 3.8) is 0 Å². The van der Waals surface area contributed by atoms with Crippen molar-refractivity contribution in [2.75, 3.05) is 11.8 Å². The van der Waals surface area contributed by atoms with E-state index in [-0.39, 0.29) is 22.0 Å². The lowest BCUT2D eigenvalue weighted by atomic mass is 10.0. The molecule has 0 atom stereocenters. The summed E-state index contributed by atoms with van der Waals surface area (Å²) in [5.41, 5.74) is 1.18. The van der Waals surface area contributed by atoms with E-state index in [0.717, 1.165) is 6.07 Å². The average molecular weight is 509 g/mol. The van der Waals surface area contributed by atoms with Crippen LogP contribution in [0.2, 0.25) is 0 Å². The van der Waals surface area contributed by atoms with Gasteiger partial charge in [0.25, 0.3) is 15.6 Å². The van der Waals surface area contributed by atoms with Gasteiger partial charge in [-0.2, -0.15) is 0 Å². The molecule has 2 aromatic heterocycles. The number of pyridine rings is 1. The van der Waals surface area contributed by atoms with E-state index in [0.29, 0.717) is 27.7 Å². The number of nitrogens with one attached hydrogen (secondary N) is 1. The Kier molecular flexibility index (Phi) is 5.77. The van der Waals surface area contributed by atoms with Crippen LogP contribution < -0.4 is 15.0 Å². The van der Waals surface area contributed by atoms with Crippen molar-refractivity contribution in [1.29, 1.82) is 0 Å². The molecule has 0 bridgehead atoms. The molecule has 3 aromatic carbocycles. The number of anilines is 1. The van der Waals surface area contributed by atoms with Crippen molar-refractivity contribution in [2.24, 2.45) is 0 Å². The number of nitrogens with zero attached hydrogens (tertiary/aromatic N) is 2. The van der Waals surface area contributed by atoms with Gasteiger partial charge in [0.2, 0.25) is 0 Å². The second kappa shape index (κ2) is 8.93. The van der Waals surface area contributed by atoms with Crippen LogP contribution in [0.4, 0.5) is 14.6 Å². The molecule has 1 N–H and O–H groups in total. The summed E-state index contributed by atoms with van der Waals surface area (Å²) in [4.78, 5) is 12.9. The maximum atomic E-state index is 13.7. The van der Waals surface area contributed by atoms with E-state index in [1.807, 2.05) is 0 Å². The van der Waals surface area contributed by atoms with E-state index in [4.69, 9.17) is 4.74 Å². The van der Waals surface area contributed by atoms with Crippen LogP contribution in [0, 0.1) is 11.6 Å². The Morgan fingerprint density at radius 1 is 0.917 bits per heavy atom. The number of methoxy groups -OCH3 is 1. The highest BCUT2D eigenvalue weighted by atomic mass is 32.2. The van der Waals surface area contributed by atoms with Gasteiger partial charge in [-0.25, -0.2) is 17.2 Å². The molecule has 182 valence electrons. The van der Waals surface area contributed by atoms with Gasteiger partial charge in [0.05, 0.1) is 23.2 Å². The fraction of sp³-hybridized carbons (Fsp3) is 0.0400. The van der Waals surface area contributed by atoms with Crippen molar-refractivity contribution >= 4 is 26.7 Å². The number of rotatable bonds is 6. The molecule has 0 aliphatic heterocycles. The maximum absolute atomic E-state index is 13.7. The fourth-order valence-corrected chi connectivity index (χ4v) is 4.89. The fourth-order valence-electron chi connectivity index (χ4n) is 3.86. The van der Waals surface area contributed by atoms with Crippen LogP contribution in [-0.2, 0) is 10.0 Å². The normalized spacial score (nSPS) is 11.5. The van der Waals surface area contributed by atoms with Crippen LogP contribution >= 0.6 is 0 Å². The summed E-state index contributed by atoms with van der Waals surface area (Å²) in [6.45, 7) is 0. The monoisotopic (exact) mass is 509 g/mol. The molecule has 2 heterocycles. The molecule has 11 heteroatoms. The average Bonchev–Trinajstić information content (AvgIpc) is 3.35. The number of fused-ring (bicyclic) bond motifs is 1. The standard InChI is InChI=1S/C25H17F2N3O5S/c1-34-23-13-15(17-10-18(26)14-19(27)11-17)2-5-22(23)30-21-6-4-20(12-16(21)3-7-25(30)31)36(32,33)29-24-8-9-35-28-24/h2-14H,1H3,(H,28,29). The van der Waals surface area contributed by atoms with Crippen molar-refractivity contribution in [3.05, 3.63) is 101 Å². The molecule has 8 nitrogen and oxygen atoms in total. The predicted molar refractivity (Wildman–Crippen MR) is 129 cm³/mol. The zero-order valence-corrected chi connectivity index (χ0v) is 19.4. The summed E-state index contributed by atoms with van der Waals surface area (Å²) in [6.07, 6.45) is 1.24. The van der Waals surface area contributed by atoms with E-state index in [2.05, 4.69) is 14.4 Å². The van der Waals surface area contributed by atoms with Crippen molar-refractivity contribution in [3.8, 4) is 22.6 Å². The van der Waals surface area contributed by atoms with Crippen LogP contribution in [-0.4, -0.2) is 25.3 Å². The van der Waals surface area contributed by atoms with E-state index >= 15 is 0 Å². The third-order valence-electron chi connectivity index (χ3n) is 5.47. The molecule has 0 fully saturated rings. The molecule has 5 aromatic rings. The lowest BCUT2D eigenvalue weighted by molar-refractivity contribution is 0.413. The number of sulfonamides is 1. The Morgan fingerprint density at radius 2 is 1.69 bits per heavy atom. The summed E-state index contributed by atoms with van der Waals surface area (Å²) >= 11 is 0. The summed E-state index contributed by atoms with van der Waals surface area (Å²) in [7, 11) is -2.56. The molecule has 0 aliphatic carbocycles. The van der Waals surface area contributed by atoms with Crippen molar-refractivity contribution < 1.29 is 26.5 Å². The number of benzene rings is 3. The van der Waals surface area contributed by atoms with Crippen LogP contribution in [0.25, 0.3) is 27.7 Å². The first-order chi connectivity index (χ1) is 17.2. The predicted octanol–water partition coefficient (Wildman–Crippen LogP) is 4.73. The minimum Gasteiger partial charge on any atom is -0.495 e. The molecule has 0 aliphatic rings. The van der Waals surface area contributed by atoms with Crippen molar-refractivity contribution in [2.45, 2.75) is 4.90 Å². The summed E-state index contributed by atoms with van der Waals surface area (Å²) in [5, 5.41) is 4.01. The Labute approximate surface area is 203 Å². The van der Waals surface area contributed by atoms with Gasteiger partial charge in [-0.05, 0) is 59.7 Å². The van der Waals surface area contributed by atoms with Gasteiger partial charge in [0.15, 0.2) is 5.82 Å². The summed E-state index contributed by atoms with van der Waals surface area (Å²) in [5.74, 6) is -1.14. The molecule has 0 saturated heterocycles. The zero-order valence-electron chi connectivity index (χ0n) is 18.6. The van der Waals surface area contributed by atoms with Gasteiger partial charge >= 0.3 is 0 Å². The molecule has 0 saturated carbocycles. The first-order valence-corrected chi connectivity index (χ1v) is 12.0. The molecular weight excluding hydrogens is 492 g/mol. The highest BCUT2D eigenvalue weighted by Crippen LogP contribution is 2.32.